The van der Waals surface area contributed by atoms with Crippen molar-refractivity contribution in [1.82, 2.24) is 15.0 Å². The first-order valence-electron chi connectivity index (χ1n) is 20.6. The van der Waals surface area contributed by atoms with Gasteiger partial charge >= 0.3 is 0 Å². The van der Waals surface area contributed by atoms with Crippen LogP contribution in [0.5, 0.6) is 0 Å². The van der Waals surface area contributed by atoms with Gasteiger partial charge in [0.15, 0.2) is 5.82 Å². The van der Waals surface area contributed by atoms with E-state index in [4.69, 9.17) is 9.97 Å². The van der Waals surface area contributed by atoms with Crippen LogP contribution in [0.3, 0.4) is 0 Å². The van der Waals surface area contributed by atoms with E-state index in [1.54, 1.807) is 12.2 Å². The first-order chi connectivity index (χ1) is 30.1. The molecule has 0 amide bonds. The second kappa shape index (κ2) is 18.4. The second-order valence-electron chi connectivity index (χ2n) is 14.7. The number of hydrogen-bond donors (Lipinski definition) is 0. The van der Waals surface area contributed by atoms with E-state index in [0.29, 0.717) is 5.82 Å². The van der Waals surface area contributed by atoms with E-state index in [1.807, 2.05) is 74.8 Å². The molecule has 294 valence electrons. The fraction of sp³-hybridized carbons (Fsp3) is 0.0517. The maximum atomic E-state index is 5.04. The van der Waals surface area contributed by atoms with Crippen LogP contribution in [-0.2, 0) is 5.41 Å². The maximum absolute atomic E-state index is 5.04. The molecule has 6 aromatic carbocycles. The van der Waals surface area contributed by atoms with Crippen LogP contribution in [0, 0.1) is 0 Å². The van der Waals surface area contributed by atoms with E-state index < -0.39 is 5.41 Å². The molecule has 0 spiro atoms. The van der Waals surface area contributed by atoms with E-state index in [2.05, 4.69) is 170 Å². The number of hydrogen-bond acceptors (Lipinski definition) is 3. The summed E-state index contributed by atoms with van der Waals surface area (Å²) in [7, 11) is 0. The van der Waals surface area contributed by atoms with Crippen molar-refractivity contribution >= 4 is 5.57 Å². The molecular formula is C58H47N3. The highest BCUT2D eigenvalue weighted by Gasteiger charge is 2.46. The molecule has 8 aromatic rings. The maximum Gasteiger partial charge on any atom is 0.160 e. The van der Waals surface area contributed by atoms with Crippen LogP contribution in [0.25, 0.3) is 61.5 Å². The topological polar surface area (TPSA) is 38.7 Å². The molecular weight excluding hydrogens is 739 g/mol. The summed E-state index contributed by atoms with van der Waals surface area (Å²) in [6, 6.07) is 60.7. The van der Waals surface area contributed by atoms with Gasteiger partial charge in [-0.3, -0.25) is 4.98 Å². The quantitative estimate of drug-likeness (QED) is 0.130. The molecule has 0 radical (unpaired) electrons. The Kier molecular flexibility index (Phi) is 12.1. The molecule has 1 unspecified atom stereocenters. The molecule has 0 N–H and O–H groups in total. The number of fused-ring (bicyclic) bond motifs is 3. The third kappa shape index (κ3) is 7.90. The van der Waals surface area contributed by atoms with Crippen molar-refractivity contribution in [3.8, 4) is 55.9 Å². The number of benzene rings is 6. The van der Waals surface area contributed by atoms with Crippen LogP contribution in [0.2, 0.25) is 0 Å². The normalized spacial score (nSPS) is 14.2. The van der Waals surface area contributed by atoms with Crippen molar-refractivity contribution < 1.29 is 0 Å². The highest BCUT2D eigenvalue weighted by Crippen LogP contribution is 2.58. The fourth-order valence-corrected chi connectivity index (χ4v) is 8.44. The minimum absolute atomic E-state index is 0.487. The van der Waals surface area contributed by atoms with Crippen molar-refractivity contribution in [2.75, 3.05) is 0 Å². The van der Waals surface area contributed by atoms with E-state index in [9.17, 15) is 0 Å². The highest BCUT2D eigenvalue weighted by molar-refractivity contribution is 5.96. The molecule has 2 aromatic heterocycles. The third-order valence-electron chi connectivity index (χ3n) is 11.1. The largest absolute Gasteiger partial charge is 0.265 e. The van der Waals surface area contributed by atoms with Crippen LogP contribution in [0.4, 0.5) is 0 Å². The van der Waals surface area contributed by atoms with Gasteiger partial charge in [-0.2, -0.15) is 0 Å². The Balaban J connectivity index is 0.000000800. The molecule has 61 heavy (non-hydrogen) atoms. The molecule has 0 saturated carbocycles. The van der Waals surface area contributed by atoms with Gasteiger partial charge < -0.3 is 0 Å². The Morgan fingerprint density at radius 1 is 0.492 bits per heavy atom. The van der Waals surface area contributed by atoms with Gasteiger partial charge in [0.2, 0.25) is 0 Å². The van der Waals surface area contributed by atoms with Crippen molar-refractivity contribution in [3.63, 3.8) is 0 Å². The monoisotopic (exact) mass is 785 g/mol. The molecule has 2 heterocycles. The summed E-state index contributed by atoms with van der Waals surface area (Å²) < 4.78 is 0. The lowest BCUT2D eigenvalue weighted by Crippen LogP contribution is -2.28. The van der Waals surface area contributed by atoms with Gasteiger partial charge in [-0.05, 0) is 99.8 Å². The molecule has 1 aliphatic carbocycles. The average molecular weight is 786 g/mol. The Bertz CT molecular complexity index is 2850. The minimum Gasteiger partial charge on any atom is -0.265 e. The molecule has 0 saturated heterocycles. The lowest BCUT2D eigenvalue weighted by atomic mass is 9.68. The van der Waals surface area contributed by atoms with Gasteiger partial charge in [0.05, 0.1) is 16.8 Å². The van der Waals surface area contributed by atoms with Gasteiger partial charge in [0, 0.05) is 29.1 Å². The Hall–Kier alpha value is -7.75. The molecule has 3 heteroatoms. The molecule has 0 bridgehead atoms. The van der Waals surface area contributed by atoms with Gasteiger partial charge in [0.25, 0.3) is 0 Å². The number of nitrogens with zero attached hydrogens (tertiary/aromatic N) is 3. The molecule has 3 nitrogen and oxygen atoms in total. The van der Waals surface area contributed by atoms with E-state index in [-0.39, 0.29) is 0 Å². The van der Waals surface area contributed by atoms with E-state index >= 15 is 0 Å². The molecule has 9 rings (SSSR count). The SMILES string of the molecule is C/C=C\C=C/C.C=C/C=C(\C=C)c1nc(-c2ccccc2)cc(-c2cccc(-c3cccc(-c4cccc5c4-c4ccccc4C5(c4ccccc4)c4ccncc4)c3)c2)n1. The van der Waals surface area contributed by atoms with Crippen LogP contribution in [0.15, 0.2) is 238 Å². The third-order valence-corrected chi connectivity index (χ3v) is 11.1. The lowest BCUT2D eigenvalue weighted by Gasteiger charge is -2.33. The van der Waals surface area contributed by atoms with E-state index in [1.165, 1.54) is 38.9 Å². The predicted octanol–water partition coefficient (Wildman–Crippen LogP) is 14.8. The summed E-state index contributed by atoms with van der Waals surface area (Å²) in [5, 5.41) is 0. The van der Waals surface area contributed by atoms with Gasteiger partial charge in [-0.15, -0.1) is 0 Å². The highest BCUT2D eigenvalue weighted by atomic mass is 14.9. The van der Waals surface area contributed by atoms with Crippen molar-refractivity contribution in [2.45, 2.75) is 19.3 Å². The van der Waals surface area contributed by atoms with Crippen molar-refractivity contribution in [3.05, 3.63) is 266 Å². The van der Waals surface area contributed by atoms with Crippen LogP contribution < -0.4 is 0 Å². The number of rotatable bonds is 10. The zero-order valence-corrected chi connectivity index (χ0v) is 34.6. The molecule has 1 atom stereocenters. The summed E-state index contributed by atoms with van der Waals surface area (Å²) >= 11 is 0. The second-order valence-corrected chi connectivity index (χ2v) is 14.7. The average Bonchev–Trinajstić information content (AvgIpc) is 3.65. The Morgan fingerprint density at radius 3 is 1.69 bits per heavy atom. The van der Waals surface area contributed by atoms with Gasteiger partial charge in [-0.1, -0.05) is 195 Å². The summed E-state index contributed by atoms with van der Waals surface area (Å²) in [5.74, 6) is 0.607. The smallest absolute Gasteiger partial charge is 0.160 e. The zero-order chi connectivity index (χ0) is 42.0. The van der Waals surface area contributed by atoms with Gasteiger partial charge in [0.1, 0.15) is 0 Å². The molecule has 0 aliphatic heterocycles. The van der Waals surface area contributed by atoms with Crippen molar-refractivity contribution in [1.29, 1.82) is 0 Å². The Morgan fingerprint density at radius 2 is 1.02 bits per heavy atom. The van der Waals surface area contributed by atoms with E-state index in [0.717, 1.165) is 44.8 Å². The lowest BCUT2D eigenvalue weighted by molar-refractivity contribution is 0.766. The molecule has 1 aliphatic rings. The first kappa shape index (κ1) is 40.0. The number of allylic oxidation sites excluding steroid dienone is 8. The number of aromatic nitrogens is 3. The summed E-state index contributed by atoms with van der Waals surface area (Å²) in [4.78, 5) is 14.4. The minimum atomic E-state index is -0.487. The summed E-state index contributed by atoms with van der Waals surface area (Å²) in [6.07, 6.45) is 17.2. The molecule has 0 fully saturated rings. The van der Waals surface area contributed by atoms with Crippen molar-refractivity contribution in [2.24, 2.45) is 0 Å². The predicted molar refractivity (Wildman–Crippen MR) is 257 cm³/mol. The van der Waals surface area contributed by atoms with Gasteiger partial charge in [-0.25, -0.2) is 9.97 Å². The number of pyridine rings is 1. The van der Waals surface area contributed by atoms with Crippen LogP contribution >= 0.6 is 0 Å². The zero-order valence-electron chi connectivity index (χ0n) is 34.6. The summed E-state index contributed by atoms with van der Waals surface area (Å²) in [6.45, 7) is 11.9. The Labute approximate surface area is 360 Å². The van der Waals surface area contributed by atoms with Crippen LogP contribution in [-0.4, -0.2) is 15.0 Å². The fourth-order valence-electron chi connectivity index (χ4n) is 8.44. The van der Waals surface area contributed by atoms with Crippen LogP contribution in [0.1, 0.15) is 41.9 Å². The standard InChI is InChI=1S/C52H37N3.C6H10/c1-3-16-36(4-2)51-54-48(37-17-7-5-8-18-37)35-49(55-51)41-22-14-20-39(34-41)38-19-13-21-40(33-38)44-26-15-28-47-50(44)45-25-11-12-27-46(45)52(47,42-23-9-6-10-24-42)43-29-31-53-32-30-43;1-3-5-6-4-2/h3-35H,1-2H2;3-6H,1-2H3/b36-16+;5-3-,6-4-. The first-order valence-corrected chi connectivity index (χ1v) is 20.6. The summed E-state index contributed by atoms with van der Waals surface area (Å²) in [5.41, 5.74) is 16.1.